The monoisotopic (exact) mass is 311 g/mol. The van der Waals surface area contributed by atoms with E-state index < -0.39 is 16.3 Å². The Kier molecular flexibility index (Phi) is 4.36. The quantitative estimate of drug-likeness (QED) is 0.914. The number of amides is 1. The van der Waals surface area contributed by atoms with Gasteiger partial charge in [0.15, 0.2) is 0 Å². The van der Waals surface area contributed by atoms with Gasteiger partial charge >= 0.3 is 0 Å². The molecule has 2 rings (SSSR count). The normalized spacial score (nSPS) is 20.3. The number of nitrogens with one attached hydrogen (secondary N) is 1. The molecule has 0 saturated carbocycles. The van der Waals surface area contributed by atoms with Gasteiger partial charge in [0.05, 0.1) is 0 Å². The van der Waals surface area contributed by atoms with E-state index in [9.17, 15) is 13.2 Å². The second-order valence-electron chi connectivity index (χ2n) is 5.67. The predicted octanol–water partition coefficient (Wildman–Crippen LogP) is 1.27. The minimum absolute atomic E-state index is 0.131. The summed E-state index contributed by atoms with van der Waals surface area (Å²) in [6.45, 7) is 3.87. The Balaban J connectivity index is 2.56. The van der Waals surface area contributed by atoms with Gasteiger partial charge in [0.1, 0.15) is 6.04 Å². The third-order valence-corrected chi connectivity index (χ3v) is 5.44. The Labute approximate surface area is 125 Å². The number of rotatable bonds is 3. The summed E-state index contributed by atoms with van der Waals surface area (Å²) in [5.41, 5.74) is 1.46. The van der Waals surface area contributed by atoms with Crippen LogP contribution in [0.15, 0.2) is 24.3 Å². The molecule has 1 aliphatic rings. The molecule has 1 aliphatic heterocycles. The molecule has 116 valence electrons. The number of benzene rings is 1. The van der Waals surface area contributed by atoms with Crippen molar-refractivity contribution in [2.75, 3.05) is 19.4 Å². The minimum atomic E-state index is -3.69. The van der Waals surface area contributed by atoms with Gasteiger partial charge in [-0.2, -0.15) is 17.0 Å². The maximum atomic E-state index is 12.6. The zero-order valence-corrected chi connectivity index (χ0v) is 13.5. The van der Waals surface area contributed by atoms with Crippen LogP contribution in [-0.4, -0.2) is 43.1 Å². The van der Waals surface area contributed by atoms with Crippen molar-refractivity contribution >= 4 is 21.8 Å². The Morgan fingerprint density at radius 3 is 2.48 bits per heavy atom. The van der Waals surface area contributed by atoms with E-state index in [2.05, 4.69) is 5.32 Å². The van der Waals surface area contributed by atoms with E-state index in [1.165, 1.54) is 18.4 Å². The van der Waals surface area contributed by atoms with E-state index in [1.807, 2.05) is 32.0 Å². The van der Waals surface area contributed by atoms with Gasteiger partial charge in [-0.25, -0.2) is 0 Å². The highest BCUT2D eigenvalue weighted by molar-refractivity contribution is 7.86. The van der Waals surface area contributed by atoms with Crippen LogP contribution in [0.4, 0.5) is 5.69 Å². The lowest BCUT2D eigenvalue weighted by molar-refractivity contribution is -0.121. The molecule has 1 atom stereocenters. The lowest BCUT2D eigenvalue weighted by Gasteiger charge is -2.32. The van der Waals surface area contributed by atoms with Crippen LogP contribution in [0.5, 0.6) is 0 Å². The molecular formula is C14H21N3O3S. The highest BCUT2D eigenvalue weighted by atomic mass is 32.2. The third kappa shape index (κ3) is 2.95. The summed E-state index contributed by atoms with van der Waals surface area (Å²) >= 11 is 0. The molecule has 0 bridgehead atoms. The maximum absolute atomic E-state index is 12.6. The van der Waals surface area contributed by atoms with Crippen molar-refractivity contribution in [1.29, 1.82) is 0 Å². The van der Waals surface area contributed by atoms with Crippen LogP contribution < -0.4 is 5.32 Å². The molecule has 1 heterocycles. The van der Waals surface area contributed by atoms with Crippen LogP contribution in [0.25, 0.3) is 0 Å². The lowest BCUT2D eigenvalue weighted by atomic mass is 10.0. The molecule has 1 unspecified atom stereocenters. The van der Waals surface area contributed by atoms with Gasteiger partial charge in [-0.1, -0.05) is 32.0 Å². The molecule has 1 amide bonds. The Morgan fingerprint density at radius 2 is 1.90 bits per heavy atom. The Morgan fingerprint density at radius 1 is 1.29 bits per heavy atom. The van der Waals surface area contributed by atoms with E-state index in [0.29, 0.717) is 5.69 Å². The van der Waals surface area contributed by atoms with E-state index in [-0.39, 0.29) is 18.4 Å². The van der Waals surface area contributed by atoms with Gasteiger partial charge in [-0.05, 0) is 17.5 Å². The van der Waals surface area contributed by atoms with Crippen molar-refractivity contribution in [3.05, 3.63) is 29.8 Å². The fraction of sp³-hybridized carbons (Fsp3) is 0.500. The number of nitrogens with zero attached hydrogens (tertiary/aromatic N) is 2. The summed E-state index contributed by atoms with van der Waals surface area (Å²) in [6.07, 6.45) is 0. The first-order chi connectivity index (χ1) is 9.75. The SMILES string of the molecule is CC(C)C1C(=O)Nc2ccccc2CN1S(=O)(=O)N(C)C. The van der Waals surface area contributed by atoms with Gasteiger partial charge in [0.2, 0.25) is 5.91 Å². The molecule has 1 aromatic carbocycles. The van der Waals surface area contributed by atoms with E-state index in [0.717, 1.165) is 9.87 Å². The maximum Gasteiger partial charge on any atom is 0.282 e. The topological polar surface area (TPSA) is 69.7 Å². The first kappa shape index (κ1) is 15.9. The van der Waals surface area contributed by atoms with Crippen LogP contribution in [-0.2, 0) is 21.5 Å². The van der Waals surface area contributed by atoms with Crippen molar-refractivity contribution in [1.82, 2.24) is 8.61 Å². The summed E-state index contributed by atoms with van der Waals surface area (Å²) in [5.74, 6) is -0.422. The van der Waals surface area contributed by atoms with Crippen molar-refractivity contribution < 1.29 is 13.2 Å². The average molecular weight is 311 g/mol. The zero-order valence-electron chi connectivity index (χ0n) is 12.7. The van der Waals surface area contributed by atoms with E-state index in [4.69, 9.17) is 0 Å². The number of carbonyl (C=O) groups is 1. The number of carbonyl (C=O) groups excluding carboxylic acids is 1. The molecule has 1 aromatic rings. The largest absolute Gasteiger partial charge is 0.324 e. The summed E-state index contributed by atoms with van der Waals surface area (Å²) in [4.78, 5) is 12.5. The average Bonchev–Trinajstić information content (AvgIpc) is 2.54. The smallest absolute Gasteiger partial charge is 0.282 e. The Bertz CT molecular complexity index is 641. The van der Waals surface area contributed by atoms with Crippen molar-refractivity contribution in [3.8, 4) is 0 Å². The number of hydrogen-bond acceptors (Lipinski definition) is 3. The van der Waals surface area contributed by atoms with Crippen molar-refractivity contribution in [3.63, 3.8) is 0 Å². The summed E-state index contributed by atoms with van der Waals surface area (Å²) in [7, 11) is -0.740. The van der Waals surface area contributed by atoms with Gasteiger partial charge < -0.3 is 5.32 Å². The third-order valence-electron chi connectivity index (χ3n) is 3.57. The summed E-state index contributed by atoms with van der Waals surface area (Å²) in [5, 5.41) is 2.83. The van der Waals surface area contributed by atoms with Crippen LogP contribution in [0, 0.1) is 5.92 Å². The lowest BCUT2D eigenvalue weighted by Crippen LogP contribution is -2.51. The second-order valence-corrected chi connectivity index (χ2v) is 7.77. The highest BCUT2D eigenvalue weighted by Crippen LogP contribution is 2.28. The van der Waals surface area contributed by atoms with Crippen molar-refractivity contribution in [2.24, 2.45) is 5.92 Å². The molecule has 0 radical (unpaired) electrons. The number of fused-ring (bicyclic) bond motifs is 1. The molecule has 0 aliphatic carbocycles. The molecule has 21 heavy (non-hydrogen) atoms. The highest BCUT2D eigenvalue weighted by Gasteiger charge is 2.40. The predicted molar refractivity (Wildman–Crippen MR) is 81.8 cm³/mol. The number of anilines is 1. The molecule has 6 nitrogen and oxygen atoms in total. The molecule has 0 aromatic heterocycles. The minimum Gasteiger partial charge on any atom is -0.324 e. The summed E-state index contributed by atoms with van der Waals surface area (Å²) < 4.78 is 27.6. The van der Waals surface area contributed by atoms with Crippen molar-refractivity contribution in [2.45, 2.75) is 26.4 Å². The molecule has 0 saturated heterocycles. The molecule has 0 spiro atoms. The van der Waals surface area contributed by atoms with E-state index in [1.54, 1.807) is 6.07 Å². The standard InChI is InChI=1S/C14H21N3O3S/c1-10(2)13-14(18)15-12-8-6-5-7-11(12)9-17(13)21(19,20)16(3)4/h5-8,10,13H,9H2,1-4H3,(H,15,18). The van der Waals surface area contributed by atoms with Gasteiger partial charge in [-0.3, -0.25) is 4.79 Å². The Hall–Kier alpha value is -1.44. The molecule has 1 N–H and O–H groups in total. The van der Waals surface area contributed by atoms with Crippen LogP contribution in [0.3, 0.4) is 0 Å². The number of hydrogen-bond donors (Lipinski definition) is 1. The van der Waals surface area contributed by atoms with Crippen LogP contribution in [0.1, 0.15) is 19.4 Å². The fourth-order valence-electron chi connectivity index (χ4n) is 2.45. The second kappa shape index (κ2) is 5.75. The fourth-order valence-corrected chi connectivity index (χ4v) is 3.80. The molecule has 0 fully saturated rings. The van der Waals surface area contributed by atoms with Crippen LogP contribution in [0.2, 0.25) is 0 Å². The van der Waals surface area contributed by atoms with Gasteiger partial charge in [-0.15, -0.1) is 0 Å². The van der Waals surface area contributed by atoms with E-state index >= 15 is 0 Å². The molecule has 7 heteroatoms. The number of para-hydroxylation sites is 1. The van der Waals surface area contributed by atoms with Gasteiger partial charge in [0, 0.05) is 26.3 Å². The zero-order chi connectivity index (χ0) is 15.8. The van der Waals surface area contributed by atoms with Crippen LogP contribution >= 0.6 is 0 Å². The first-order valence-electron chi connectivity index (χ1n) is 6.83. The van der Waals surface area contributed by atoms with Gasteiger partial charge in [0.25, 0.3) is 10.2 Å². The first-order valence-corrected chi connectivity index (χ1v) is 8.23. The summed E-state index contributed by atoms with van der Waals surface area (Å²) in [6, 6.07) is 6.54. The molecular weight excluding hydrogens is 290 g/mol.